The Hall–Kier alpha value is -4.85. The highest BCUT2D eigenvalue weighted by atomic mass is 16.5. The molecule has 0 bridgehead atoms. The third-order valence-electron chi connectivity index (χ3n) is 6.78. The van der Waals surface area contributed by atoms with Crippen molar-refractivity contribution in [2.75, 3.05) is 18.8 Å². The van der Waals surface area contributed by atoms with E-state index in [0.717, 1.165) is 25.7 Å². The van der Waals surface area contributed by atoms with Crippen molar-refractivity contribution in [2.24, 2.45) is 5.92 Å². The van der Waals surface area contributed by atoms with Crippen molar-refractivity contribution in [3.8, 4) is 29.1 Å². The molecule has 0 radical (unpaired) electrons. The summed E-state index contributed by atoms with van der Waals surface area (Å²) in [6, 6.07) is 11.5. The molecule has 11 nitrogen and oxygen atoms in total. The first-order valence-corrected chi connectivity index (χ1v) is 12.6. The molecule has 1 aliphatic carbocycles. The van der Waals surface area contributed by atoms with Crippen molar-refractivity contribution in [1.29, 1.82) is 5.26 Å². The van der Waals surface area contributed by atoms with Gasteiger partial charge in [0.15, 0.2) is 5.65 Å². The summed E-state index contributed by atoms with van der Waals surface area (Å²) in [7, 11) is 0. The van der Waals surface area contributed by atoms with Gasteiger partial charge in [-0.25, -0.2) is 24.6 Å². The molecule has 38 heavy (non-hydrogen) atoms. The van der Waals surface area contributed by atoms with Crippen LogP contribution in [0.1, 0.15) is 31.7 Å². The van der Waals surface area contributed by atoms with E-state index in [1.165, 1.54) is 6.33 Å². The highest BCUT2D eigenvalue weighted by Crippen LogP contribution is 2.35. The lowest BCUT2D eigenvalue weighted by Gasteiger charge is -2.32. The van der Waals surface area contributed by atoms with Gasteiger partial charge >= 0.3 is 6.01 Å². The van der Waals surface area contributed by atoms with Crippen LogP contribution in [0.15, 0.2) is 60.7 Å². The Morgan fingerprint density at radius 3 is 2.63 bits per heavy atom. The van der Waals surface area contributed by atoms with E-state index in [2.05, 4.69) is 26.0 Å². The SMILES string of the molecule is N#CC(=CC1CC1)C(=O)N1CCCC(n2nc(-c3cnc(Oc4ccccc4)nc3)c3c(N)ncnc32)C1. The molecule has 0 spiro atoms. The Labute approximate surface area is 218 Å². The van der Waals surface area contributed by atoms with Crippen LogP contribution in [0.25, 0.3) is 22.3 Å². The number of fused-ring (bicyclic) bond motifs is 1. The zero-order valence-electron chi connectivity index (χ0n) is 20.6. The van der Waals surface area contributed by atoms with Crippen molar-refractivity contribution >= 4 is 22.8 Å². The lowest BCUT2D eigenvalue weighted by atomic mass is 10.0. The molecule has 1 amide bonds. The molecular formula is C27H25N9O2. The zero-order chi connectivity index (χ0) is 26.1. The van der Waals surface area contributed by atoms with Gasteiger partial charge in [-0.3, -0.25) is 4.79 Å². The maximum Gasteiger partial charge on any atom is 0.321 e. The number of amides is 1. The van der Waals surface area contributed by atoms with E-state index >= 15 is 0 Å². The van der Waals surface area contributed by atoms with Gasteiger partial charge in [0.25, 0.3) is 5.91 Å². The lowest BCUT2D eigenvalue weighted by Crippen LogP contribution is -2.41. The van der Waals surface area contributed by atoms with E-state index in [1.807, 2.05) is 41.1 Å². The third-order valence-corrected chi connectivity index (χ3v) is 6.78. The Bertz CT molecular complexity index is 1550. The molecule has 2 N–H and O–H groups in total. The molecule has 1 atom stereocenters. The number of carbonyl (C=O) groups excluding carboxylic acids is 1. The molecule has 190 valence electrons. The van der Waals surface area contributed by atoms with Gasteiger partial charge in [0.1, 0.15) is 35.2 Å². The van der Waals surface area contributed by atoms with Crippen molar-refractivity contribution in [2.45, 2.75) is 31.7 Å². The number of benzene rings is 1. The number of rotatable bonds is 6. The van der Waals surface area contributed by atoms with Crippen LogP contribution < -0.4 is 10.5 Å². The number of nitriles is 1. The fraction of sp³-hybridized carbons (Fsp3) is 0.296. The summed E-state index contributed by atoms with van der Waals surface area (Å²) < 4.78 is 7.52. The van der Waals surface area contributed by atoms with Crippen LogP contribution >= 0.6 is 0 Å². The van der Waals surface area contributed by atoms with Crippen LogP contribution in [-0.4, -0.2) is 53.6 Å². The second-order valence-electron chi connectivity index (χ2n) is 9.50. The molecule has 6 rings (SSSR count). The zero-order valence-corrected chi connectivity index (χ0v) is 20.6. The van der Waals surface area contributed by atoms with Gasteiger partial charge < -0.3 is 15.4 Å². The number of hydrogen-bond acceptors (Lipinski definition) is 9. The van der Waals surface area contributed by atoms with Crippen LogP contribution in [0.4, 0.5) is 5.82 Å². The minimum absolute atomic E-state index is 0.138. The maximum absolute atomic E-state index is 13.1. The number of ether oxygens (including phenoxy) is 1. The summed E-state index contributed by atoms with van der Waals surface area (Å²) in [5, 5.41) is 15.0. The summed E-state index contributed by atoms with van der Waals surface area (Å²) in [5.41, 5.74) is 8.27. The van der Waals surface area contributed by atoms with Crippen LogP contribution in [0.3, 0.4) is 0 Å². The fourth-order valence-corrected chi connectivity index (χ4v) is 4.70. The summed E-state index contributed by atoms with van der Waals surface area (Å²) in [6.07, 6.45) is 10.1. The smallest absolute Gasteiger partial charge is 0.321 e. The monoisotopic (exact) mass is 507 g/mol. The fourth-order valence-electron chi connectivity index (χ4n) is 4.70. The van der Waals surface area contributed by atoms with Gasteiger partial charge in [-0.1, -0.05) is 24.3 Å². The molecule has 3 aromatic heterocycles. The summed E-state index contributed by atoms with van der Waals surface area (Å²) in [5.74, 6) is 1.05. The summed E-state index contributed by atoms with van der Waals surface area (Å²) in [6.45, 7) is 1.02. The van der Waals surface area contributed by atoms with Crippen molar-refractivity contribution in [3.05, 3.63) is 60.7 Å². The number of anilines is 1. The molecule has 4 heterocycles. The second-order valence-corrected chi connectivity index (χ2v) is 9.50. The minimum Gasteiger partial charge on any atom is -0.424 e. The number of para-hydroxylation sites is 1. The highest BCUT2D eigenvalue weighted by molar-refractivity contribution is 5.98. The lowest BCUT2D eigenvalue weighted by molar-refractivity contribution is -0.128. The Morgan fingerprint density at radius 1 is 1.11 bits per heavy atom. The predicted molar refractivity (Wildman–Crippen MR) is 139 cm³/mol. The molecule has 2 fully saturated rings. The quantitative estimate of drug-likeness (QED) is 0.305. The van der Waals surface area contributed by atoms with Gasteiger partial charge in [-0.05, 0) is 43.7 Å². The van der Waals surface area contributed by atoms with E-state index in [-0.39, 0.29) is 23.5 Å². The Balaban J connectivity index is 1.30. The van der Waals surface area contributed by atoms with E-state index < -0.39 is 0 Å². The summed E-state index contributed by atoms with van der Waals surface area (Å²) >= 11 is 0. The standard InChI is InChI=1S/C27H25N9O2/c28-12-18(11-17-8-9-17)26(37)35-10-4-5-20(15-35)36-25-22(24(29)32-16-33-25)23(34-36)19-13-30-27(31-14-19)38-21-6-2-1-3-7-21/h1-3,6-7,11,13-14,16-17,20H,4-5,8-10,15H2,(H2,29,32,33). The van der Waals surface area contributed by atoms with E-state index in [0.29, 0.717) is 52.9 Å². The van der Waals surface area contributed by atoms with Crippen LogP contribution in [0.5, 0.6) is 11.8 Å². The first-order valence-electron chi connectivity index (χ1n) is 12.6. The number of hydrogen-bond donors (Lipinski definition) is 1. The largest absolute Gasteiger partial charge is 0.424 e. The van der Waals surface area contributed by atoms with Crippen molar-refractivity contribution in [3.63, 3.8) is 0 Å². The van der Waals surface area contributed by atoms with E-state index in [9.17, 15) is 10.1 Å². The second kappa shape index (κ2) is 9.89. The molecule has 2 aliphatic rings. The van der Waals surface area contributed by atoms with Gasteiger partial charge in [0, 0.05) is 31.0 Å². The number of allylic oxidation sites excluding steroid dienone is 1. The Kier molecular flexibility index (Phi) is 6.13. The van der Waals surface area contributed by atoms with Crippen molar-refractivity contribution in [1.82, 2.24) is 34.6 Å². The van der Waals surface area contributed by atoms with Gasteiger partial charge in [0.05, 0.1) is 11.4 Å². The van der Waals surface area contributed by atoms with Gasteiger partial charge in [-0.2, -0.15) is 10.4 Å². The molecular weight excluding hydrogens is 482 g/mol. The normalized spacial score (nSPS) is 17.8. The third kappa shape index (κ3) is 4.64. The molecule has 11 heteroatoms. The molecule has 1 aromatic carbocycles. The molecule has 4 aromatic rings. The van der Waals surface area contributed by atoms with Crippen LogP contribution in [-0.2, 0) is 4.79 Å². The van der Waals surface area contributed by atoms with E-state index in [1.54, 1.807) is 17.3 Å². The van der Waals surface area contributed by atoms with Gasteiger partial charge in [-0.15, -0.1) is 0 Å². The minimum atomic E-state index is -0.225. The number of nitrogens with zero attached hydrogens (tertiary/aromatic N) is 8. The summed E-state index contributed by atoms with van der Waals surface area (Å²) in [4.78, 5) is 32.2. The number of aromatic nitrogens is 6. The molecule has 1 saturated carbocycles. The average Bonchev–Trinajstić information content (AvgIpc) is 3.69. The highest BCUT2D eigenvalue weighted by Gasteiger charge is 2.31. The first-order chi connectivity index (χ1) is 18.6. The molecule has 1 aliphatic heterocycles. The number of nitrogen functional groups attached to an aromatic ring is 1. The Morgan fingerprint density at radius 2 is 1.89 bits per heavy atom. The number of piperidine rings is 1. The molecule has 1 unspecified atom stereocenters. The van der Waals surface area contributed by atoms with Crippen molar-refractivity contribution < 1.29 is 9.53 Å². The van der Waals surface area contributed by atoms with Crippen LogP contribution in [0, 0.1) is 17.2 Å². The van der Waals surface area contributed by atoms with Gasteiger partial charge in [0.2, 0.25) is 0 Å². The number of nitrogens with two attached hydrogens (primary N) is 1. The predicted octanol–water partition coefficient (Wildman–Crippen LogP) is 3.68. The van der Waals surface area contributed by atoms with E-state index in [4.69, 9.17) is 15.6 Å². The first kappa shape index (κ1) is 23.5. The average molecular weight is 508 g/mol. The molecule has 1 saturated heterocycles. The number of likely N-dealkylation sites (tertiary alicyclic amines) is 1. The van der Waals surface area contributed by atoms with Crippen LogP contribution in [0.2, 0.25) is 0 Å². The number of carbonyl (C=O) groups is 1. The topological polar surface area (TPSA) is 149 Å². The maximum atomic E-state index is 13.1.